The molecule has 0 spiro atoms. The molecule has 2 rings (SSSR count). The fourth-order valence-electron chi connectivity index (χ4n) is 2.46. The fourth-order valence-corrected chi connectivity index (χ4v) is 2.93. The normalized spacial score (nSPS) is 11.8. The van der Waals surface area contributed by atoms with Gasteiger partial charge in [0.05, 0.1) is 7.11 Å². The topological polar surface area (TPSA) is 67.4 Å². The van der Waals surface area contributed by atoms with Crippen LogP contribution in [-0.4, -0.2) is 25.0 Å². The number of benzene rings is 2. The molecule has 144 valence electrons. The van der Waals surface area contributed by atoms with Crippen molar-refractivity contribution in [3.63, 3.8) is 0 Å². The van der Waals surface area contributed by atoms with Gasteiger partial charge in [0.15, 0.2) is 0 Å². The molecule has 0 heterocycles. The van der Waals surface area contributed by atoms with E-state index in [1.165, 1.54) is 0 Å². The van der Waals surface area contributed by atoms with Crippen LogP contribution in [0.3, 0.4) is 0 Å². The number of nitrogens with one attached hydrogen (secondary N) is 2. The summed E-state index contributed by atoms with van der Waals surface area (Å²) in [7, 11) is 1.56. The zero-order chi connectivity index (χ0) is 20.0. The minimum absolute atomic E-state index is 0.0899. The number of hydrogen-bond donors (Lipinski definition) is 2. The van der Waals surface area contributed by atoms with Crippen molar-refractivity contribution in [1.82, 2.24) is 10.6 Å². The van der Waals surface area contributed by atoms with Gasteiger partial charge >= 0.3 is 0 Å². The van der Waals surface area contributed by atoms with E-state index in [0.717, 1.165) is 5.56 Å². The second-order valence-electron chi connectivity index (χ2n) is 6.38. The van der Waals surface area contributed by atoms with E-state index in [9.17, 15) is 9.59 Å². The first-order chi connectivity index (χ1) is 12.8. The van der Waals surface area contributed by atoms with Crippen LogP contribution in [-0.2, 0) is 11.3 Å². The summed E-state index contributed by atoms with van der Waals surface area (Å²) in [6.07, 6.45) is 0. The molecule has 0 aliphatic carbocycles. The summed E-state index contributed by atoms with van der Waals surface area (Å²) >= 11 is 12.0. The van der Waals surface area contributed by atoms with E-state index in [1.807, 2.05) is 13.8 Å². The third-order valence-electron chi connectivity index (χ3n) is 4.06. The van der Waals surface area contributed by atoms with E-state index in [1.54, 1.807) is 49.6 Å². The van der Waals surface area contributed by atoms with Gasteiger partial charge in [-0.15, -0.1) is 0 Å². The SMILES string of the molecule is COc1ccc(C(=O)NC(C(=O)NCc2ccc(Cl)cc2Cl)C(C)C)cc1. The van der Waals surface area contributed by atoms with E-state index >= 15 is 0 Å². The van der Waals surface area contributed by atoms with Gasteiger partial charge in [0.2, 0.25) is 5.91 Å². The third kappa shape index (κ3) is 5.88. The molecule has 0 aliphatic rings. The van der Waals surface area contributed by atoms with Gasteiger partial charge in [-0.25, -0.2) is 0 Å². The highest BCUT2D eigenvalue weighted by Gasteiger charge is 2.24. The number of halogens is 2. The van der Waals surface area contributed by atoms with Gasteiger partial charge in [-0.1, -0.05) is 43.1 Å². The summed E-state index contributed by atoms with van der Waals surface area (Å²) < 4.78 is 5.08. The van der Waals surface area contributed by atoms with E-state index in [4.69, 9.17) is 27.9 Å². The summed E-state index contributed by atoms with van der Waals surface area (Å²) in [5, 5.41) is 6.61. The average Bonchev–Trinajstić information content (AvgIpc) is 2.64. The molecule has 1 unspecified atom stereocenters. The van der Waals surface area contributed by atoms with Gasteiger partial charge in [0, 0.05) is 22.2 Å². The molecule has 0 bridgehead atoms. The summed E-state index contributed by atoms with van der Waals surface area (Å²) in [4.78, 5) is 25.1. The Labute approximate surface area is 169 Å². The van der Waals surface area contributed by atoms with Crippen molar-refractivity contribution in [1.29, 1.82) is 0 Å². The lowest BCUT2D eigenvalue weighted by Crippen LogP contribution is -2.49. The quantitative estimate of drug-likeness (QED) is 0.725. The van der Waals surface area contributed by atoms with Gasteiger partial charge in [0.25, 0.3) is 5.91 Å². The Morgan fingerprint density at radius 2 is 1.74 bits per heavy atom. The van der Waals surface area contributed by atoms with Crippen molar-refractivity contribution in [2.45, 2.75) is 26.4 Å². The van der Waals surface area contributed by atoms with Crippen molar-refractivity contribution < 1.29 is 14.3 Å². The predicted molar refractivity (Wildman–Crippen MR) is 107 cm³/mol. The number of methoxy groups -OCH3 is 1. The number of carbonyl (C=O) groups is 2. The second kappa shape index (κ2) is 9.62. The van der Waals surface area contributed by atoms with Crippen molar-refractivity contribution in [2.75, 3.05) is 7.11 Å². The van der Waals surface area contributed by atoms with Crippen LogP contribution in [0, 0.1) is 5.92 Å². The largest absolute Gasteiger partial charge is 0.497 e. The van der Waals surface area contributed by atoms with Crippen LogP contribution in [0.25, 0.3) is 0 Å². The molecule has 2 aromatic carbocycles. The highest BCUT2D eigenvalue weighted by Crippen LogP contribution is 2.21. The van der Waals surface area contributed by atoms with Crippen LogP contribution in [0.2, 0.25) is 10.0 Å². The zero-order valence-electron chi connectivity index (χ0n) is 15.4. The Hall–Kier alpha value is -2.24. The molecule has 5 nitrogen and oxygen atoms in total. The molecule has 0 aromatic heterocycles. The maximum Gasteiger partial charge on any atom is 0.251 e. The van der Waals surface area contributed by atoms with Crippen LogP contribution >= 0.6 is 23.2 Å². The van der Waals surface area contributed by atoms with Crippen molar-refractivity contribution in [3.05, 3.63) is 63.6 Å². The van der Waals surface area contributed by atoms with Crippen LogP contribution in [0.4, 0.5) is 0 Å². The maximum atomic E-state index is 12.6. The molecule has 7 heteroatoms. The van der Waals surface area contributed by atoms with Crippen molar-refractivity contribution in [3.8, 4) is 5.75 Å². The van der Waals surface area contributed by atoms with Gasteiger partial charge in [0.1, 0.15) is 11.8 Å². The monoisotopic (exact) mass is 408 g/mol. The minimum atomic E-state index is -0.675. The zero-order valence-corrected chi connectivity index (χ0v) is 16.9. The lowest BCUT2D eigenvalue weighted by atomic mass is 10.0. The molecule has 27 heavy (non-hydrogen) atoms. The molecule has 2 amide bonds. The van der Waals surface area contributed by atoms with Crippen LogP contribution in [0.5, 0.6) is 5.75 Å². The summed E-state index contributed by atoms with van der Waals surface area (Å²) in [5.74, 6) is -0.0358. The van der Waals surface area contributed by atoms with Crippen molar-refractivity contribution in [2.24, 2.45) is 5.92 Å². The lowest BCUT2D eigenvalue weighted by molar-refractivity contribution is -0.124. The highest BCUT2D eigenvalue weighted by molar-refractivity contribution is 6.35. The first-order valence-corrected chi connectivity index (χ1v) is 9.24. The molecular weight excluding hydrogens is 387 g/mol. The van der Waals surface area contributed by atoms with E-state index < -0.39 is 6.04 Å². The molecule has 0 aliphatic heterocycles. The standard InChI is InChI=1S/C20H22Cl2N2O3/c1-12(2)18(24-19(25)13-5-8-16(27-3)9-6-13)20(26)23-11-14-4-7-15(21)10-17(14)22/h4-10,12,18H,11H2,1-3H3,(H,23,26)(H,24,25). The number of carbonyl (C=O) groups excluding carboxylic acids is 2. The Morgan fingerprint density at radius 1 is 1.07 bits per heavy atom. The van der Waals surface area contributed by atoms with E-state index in [-0.39, 0.29) is 24.3 Å². The third-order valence-corrected chi connectivity index (χ3v) is 4.64. The van der Waals surface area contributed by atoms with Gasteiger partial charge < -0.3 is 15.4 Å². The van der Waals surface area contributed by atoms with E-state index in [2.05, 4.69) is 10.6 Å². The molecule has 0 fully saturated rings. The second-order valence-corrected chi connectivity index (χ2v) is 7.22. The Kier molecular flexibility index (Phi) is 7.51. The Bertz CT molecular complexity index is 807. The number of ether oxygens (including phenoxy) is 1. The average molecular weight is 409 g/mol. The molecule has 0 radical (unpaired) electrons. The smallest absolute Gasteiger partial charge is 0.251 e. The molecule has 1 atom stereocenters. The molecule has 0 saturated heterocycles. The Balaban J connectivity index is 2.02. The van der Waals surface area contributed by atoms with Crippen LogP contribution < -0.4 is 15.4 Å². The lowest BCUT2D eigenvalue weighted by Gasteiger charge is -2.22. The maximum absolute atomic E-state index is 12.6. The summed E-state index contributed by atoms with van der Waals surface area (Å²) in [6, 6.07) is 11.1. The van der Waals surface area contributed by atoms with Crippen LogP contribution in [0.15, 0.2) is 42.5 Å². The van der Waals surface area contributed by atoms with Gasteiger partial charge in [-0.05, 0) is 47.9 Å². The number of amides is 2. The first kappa shape index (κ1) is 21.1. The number of rotatable bonds is 7. The van der Waals surface area contributed by atoms with E-state index in [0.29, 0.717) is 21.4 Å². The van der Waals surface area contributed by atoms with Gasteiger partial charge in [-0.2, -0.15) is 0 Å². The molecular formula is C20H22Cl2N2O3. The highest BCUT2D eigenvalue weighted by atomic mass is 35.5. The van der Waals surface area contributed by atoms with Gasteiger partial charge in [-0.3, -0.25) is 9.59 Å². The molecule has 2 aromatic rings. The molecule has 0 saturated carbocycles. The fraction of sp³-hybridized carbons (Fsp3) is 0.300. The predicted octanol–water partition coefficient (Wildman–Crippen LogP) is 4.07. The van der Waals surface area contributed by atoms with Crippen LogP contribution in [0.1, 0.15) is 29.8 Å². The Morgan fingerprint density at radius 3 is 2.30 bits per heavy atom. The number of hydrogen-bond acceptors (Lipinski definition) is 3. The summed E-state index contributed by atoms with van der Waals surface area (Å²) in [6.45, 7) is 3.98. The minimum Gasteiger partial charge on any atom is -0.497 e. The molecule has 2 N–H and O–H groups in total. The van der Waals surface area contributed by atoms with Crippen molar-refractivity contribution >= 4 is 35.0 Å². The summed E-state index contributed by atoms with van der Waals surface area (Å²) in [5.41, 5.74) is 1.20. The first-order valence-electron chi connectivity index (χ1n) is 8.48.